The minimum Gasteiger partial charge on any atom is -0.381 e. The van der Waals surface area contributed by atoms with E-state index in [-0.39, 0.29) is 0 Å². The topological polar surface area (TPSA) is 36.3 Å². The van der Waals surface area contributed by atoms with Gasteiger partial charge in [-0.05, 0) is 82.0 Å². The lowest BCUT2D eigenvalue weighted by Gasteiger charge is -2.35. The van der Waals surface area contributed by atoms with Crippen molar-refractivity contribution >= 4 is 5.71 Å². The van der Waals surface area contributed by atoms with E-state index in [9.17, 15) is 0 Å². The molecule has 0 amide bonds. The highest BCUT2D eigenvalue weighted by Crippen LogP contribution is 2.25. The molecule has 3 heteroatoms. The Labute approximate surface area is 171 Å². The van der Waals surface area contributed by atoms with Gasteiger partial charge in [0, 0.05) is 31.4 Å². The standard InChI is InChI=1S/C25H38N2O/c1-20(8-9-21(2)23-6-4-3-5-7-23)18-25(26)24-10-14-27(15-11-24)19-22-12-16-28-17-13-22/h3-7,18,21-22,24,26H,8-17,19H2,1-2H3/b20-18-,26-25?. The molecule has 2 fully saturated rings. The molecule has 3 rings (SSSR count). The smallest absolute Gasteiger partial charge is 0.0469 e. The first-order valence-corrected chi connectivity index (χ1v) is 11.2. The van der Waals surface area contributed by atoms with Crippen LogP contribution >= 0.6 is 0 Å². The molecule has 0 aliphatic carbocycles. The van der Waals surface area contributed by atoms with Crippen molar-refractivity contribution < 1.29 is 4.74 Å². The fraction of sp³-hybridized carbons (Fsp3) is 0.640. The summed E-state index contributed by atoms with van der Waals surface area (Å²) in [6.07, 6.45) is 9.14. The molecule has 2 heterocycles. The van der Waals surface area contributed by atoms with Crippen molar-refractivity contribution in [1.29, 1.82) is 5.41 Å². The molecule has 0 radical (unpaired) electrons. The van der Waals surface area contributed by atoms with Crippen LogP contribution in [0.2, 0.25) is 0 Å². The first-order chi connectivity index (χ1) is 13.6. The molecule has 1 unspecified atom stereocenters. The summed E-state index contributed by atoms with van der Waals surface area (Å²) in [4.78, 5) is 2.62. The zero-order valence-electron chi connectivity index (χ0n) is 17.8. The van der Waals surface area contributed by atoms with E-state index in [1.165, 1.54) is 30.5 Å². The summed E-state index contributed by atoms with van der Waals surface area (Å²) in [6.45, 7) is 9.94. The number of benzene rings is 1. The SMILES string of the molecule is C/C(=C/C(=N)C1CCN(CC2CCOCC2)CC1)CCC(C)c1ccccc1. The van der Waals surface area contributed by atoms with Gasteiger partial charge in [-0.3, -0.25) is 0 Å². The Morgan fingerprint density at radius 1 is 1.14 bits per heavy atom. The van der Waals surface area contributed by atoms with E-state index in [4.69, 9.17) is 10.1 Å². The maximum absolute atomic E-state index is 8.57. The van der Waals surface area contributed by atoms with Crippen molar-refractivity contribution in [2.24, 2.45) is 11.8 Å². The first kappa shape index (κ1) is 21.3. The van der Waals surface area contributed by atoms with Crippen molar-refractivity contribution in [2.45, 2.75) is 58.3 Å². The van der Waals surface area contributed by atoms with E-state index in [0.29, 0.717) is 11.8 Å². The second-order valence-electron chi connectivity index (χ2n) is 8.93. The molecule has 0 spiro atoms. The average Bonchev–Trinajstić information content (AvgIpc) is 2.74. The first-order valence-electron chi connectivity index (χ1n) is 11.2. The third kappa shape index (κ3) is 6.56. The number of allylic oxidation sites excluding steroid dienone is 2. The second kappa shape index (κ2) is 10.9. The summed E-state index contributed by atoms with van der Waals surface area (Å²) < 4.78 is 5.48. The van der Waals surface area contributed by atoms with Crippen LogP contribution in [0.25, 0.3) is 0 Å². The zero-order valence-corrected chi connectivity index (χ0v) is 17.8. The van der Waals surface area contributed by atoms with Crippen molar-refractivity contribution in [2.75, 3.05) is 32.8 Å². The monoisotopic (exact) mass is 382 g/mol. The quantitative estimate of drug-likeness (QED) is 0.588. The second-order valence-corrected chi connectivity index (χ2v) is 8.93. The highest BCUT2D eigenvalue weighted by atomic mass is 16.5. The summed E-state index contributed by atoms with van der Waals surface area (Å²) in [5, 5.41) is 8.57. The molecule has 1 aromatic carbocycles. The number of ether oxygens (including phenoxy) is 1. The lowest BCUT2D eigenvalue weighted by Crippen LogP contribution is -2.39. The van der Waals surface area contributed by atoms with Crippen molar-refractivity contribution in [1.82, 2.24) is 4.90 Å². The zero-order chi connectivity index (χ0) is 19.8. The maximum Gasteiger partial charge on any atom is 0.0469 e. The van der Waals surface area contributed by atoms with Crippen LogP contribution < -0.4 is 0 Å². The predicted octanol–water partition coefficient (Wildman–Crippen LogP) is 5.67. The van der Waals surface area contributed by atoms with E-state index < -0.39 is 0 Å². The number of rotatable bonds is 8. The molecule has 1 N–H and O–H groups in total. The molecule has 2 aliphatic heterocycles. The predicted molar refractivity (Wildman–Crippen MR) is 118 cm³/mol. The van der Waals surface area contributed by atoms with Gasteiger partial charge in [-0.2, -0.15) is 0 Å². The number of likely N-dealkylation sites (tertiary alicyclic amines) is 1. The highest BCUT2D eigenvalue weighted by Gasteiger charge is 2.24. The van der Waals surface area contributed by atoms with Gasteiger partial charge in [0.2, 0.25) is 0 Å². The number of nitrogens with zero attached hydrogens (tertiary/aromatic N) is 1. The van der Waals surface area contributed by atoms with Crippen LogP contribution in [0.4, 0.5) is 0 Å². The van der Waals surface area contributed by atoms with Crippen LogP contribution in [0.15, 0.2) is 42.0 Å². The van der Waals surface area contributed by atoms with Gasteiger partial charge >= 0.3 is 0 Å². The van der Waals surface area contributed by atoms with Crippen LogP contribution in [0.3, 0.4) is 0 Å². The number of nitrogens with one attached hydrogen (secondary N) is 1. The third-order valence-corrected chi connectivity index (χ3v) is 6.63. The molecule has 0 aromatic heterocycles. The van der Waals surface area contributed by atoms with Gasteiger partial charge in [-0.1, -0.05) is 42.8 Å². The van der Waals surface area contributed by atoms with Gasteiger partial charge in [0.1, 0.15) is 0 Å². The maximum atomic E-state index is 8.57. The summed E-state index contributed by atoms with van der Waals surface area (Å²) in [6, 6.07) is 10.8. The molecule has 154 valence electrons. The van der Waals surface area contributed by atoms with E-state index in [0.717, 1.165) is 63.6 Å². The van der Waals surface area contributed by atoms with Crippen molar-refractivity contribution in [3.8, 4) is 0 Å². The average molecular weight is 383 g/mol. The Bertz CT molecular complexity index is 625. The van der Waals surface area contributed by atoms with E-state index in [1.807, 2.05) is 0 Å². The van der Waals surface area contributed by atoms with Gasteiger partial charge in [0.15, 0.2) is 0 Å². The Kier molecular flexibility index (Phi) is 8.29. The fourth-order valence-corrected chi connectivity index (χ4v) is 4.57. The van der Waals surface area contributed by atoms with Crippen LogP contribution in [0, 0.1) is 17.2 Å². The molecular weight excluding hydrogens is 344 g/mol. The molecule has 1 aromatic rings. The van der Waals surface area contributed by atoms with E-state index in [2.05, 4.69) is 55.2 Å². The molecule has 3 nitrogen and oxygen atoms in total. The molecule has 2 aliphatic rings. The lowest BCUT2D eigenvalue weighted by atomic mass is 9.89. The van der Waals surface area contributed by atoms with Crippen LogP contribution in [-0.2, 0) is 4.74 Å². The fourth-order valence-electron chi connectivity index (χ4n) is 4.57. The van der Waals surface area contributed by atoms with Crippen LogP contribution in [0.1, 0.15) is 63.9 Å². The van der Waals surface area contributed by atoms with E-state index >= 15 is 0 Å². The Balaban J connectivity index is 1.39. The molecular formula is C25H38N2O. The molecule has 0 bridgehead atoms. The molecule has 0 saturated carbocycles. The Morgan fingerprint density at radius 2 is 1.82 bits per heavy atom. The largest absolute Gasteiger partial charge is 0.381 e. The summed E-state index contributed by atoms with van der Waals surface area (Å²) in [5.74, 6) is 1.85. The molecule has 1 atom stereocenters. The van der Waals surface area contributed by atoms with Crippen molar-refractivity contribution in [3.05, 3.63) is 47.5 Å². The molecule has 28 heavy (non-hydrogen) atoms. The summed E-state index contributed by atoms with van der Waals surface area (Å²) >= 11 is 0. The minimum absolute atomic E-state index is 0.451. The minimum atomic E-state index is 0.451. The van der Waals surface area contributed by atoms with Gasteiger partial charge in [-0.15, -0.1) is 0 Å². The number of hydrogen-bond acceptors (Lipinski definition) is 3. The molecule has 2 saturated heterocycles. The van der Waals surface area contributed by atoms with Gasteiger partial charge in [0.25, 0.3) is 0 Å². The summed E-state index contributed by atoms with van der Waals surface area (Å²) in [7, 11) is 0. The van der Waals surface area contributed by atoms with E-state index in [1.54, 1.807) is 0 Å². The van der Waals surface area contributed by atoms with Gasteiger partial charge in [-0.25, -0.2) is 0 Å². The van der Waals surface area contributed by atoms with Gasteiger partial charge in [0.05, 0.1) is 0 Å². The van der Waals surface area contributed by atoms with Gasteiger partial charge < -0.3 is 15.0 Å². The van der Waals surface area contributed by atoms with Crippen molar-refractivity contribution in [3.63, 3.8) is 0 Å². The summed E-state index contributed by atoms with van der Waals surface area (Å²) in [5.41, 5.74) is 3.63. The highest BCUT2D eigenvalue weighted by molar-refractivity contribution is 5.94. The number of hydrogen-bond donors (Lipinski definition) is 1. The van der Waals surface area contributed by atoms with Crippen LogP contribution in [-0.4, -0.2) is 43.5 Å². The van der Waals surface area contributed by atoms with Crippen LogP contribution in [0.5, 0.6) is 0 Å². The third-order valence-electron chi connectivity index (χ3n) is 6.63. The Morgan fingerprint density at radius 3 is 2.50 bits per heavy atom. The lowest BCUT2D eigenvalue weighted by molar-refractivity contribution is 0.0485. The normalized spacial score (nSPS) is 21.6. The number of piperidine rings is 1. The Hall–Kier alpha value is -1.45.